The number of aliphatic hydroxyl groups excluding tert-OH is 1. The van der Waals surface area contributed by atoms with Crippen LogP contribution in [0.4, 0.5) is 11.8 Å². The molecule has 0 bridgehead atoms. The molecular weight excluding hydrogens is 464 g/mol. The number of fused-ring (bicyclic) bond motifs is 3. The Morgan fingerprint density at radius 2 is 2.00 bits per heavy atom. The second-order valence-electron chi connectivity index (χ2n) is 10.0. The molecule has 0 spiro atoms. The lowest BCUT2D eigenvalue weighted by Crippen LogP contribution is -2.34. The minimum atomic E-state index is 0.0935. The Labute approximate surface area is 218 Å². The largest absolute Gasteiger partial charge is 0.496 e. The maximum Gasteiger partial charge on any atom is 0.222 e. The monoisotopic (exact) mass is 502 g/mol. The summed E-state index contributed by atoms with van der Waals surface area (Å²) in [6.07, 6.45) is 6.43. The highest BCUT2D eigenvalue weighted by atomic mass is 16.5. The first-order chi connectivity index (χ1) is 18.1. The van der Waals surface area contributed by atoms with Crippen molar-refractivity contribution in [2.75, 3.05) is 24.8 Å². The van der Waals surface area contributed by atoms with Crippen LogP contribution in [0.5, 0.6) is 5.75 Å². The van der Waals surface area contributed by atoms with Gasteiger partial charge < -0.3 is 30.8 Å². The number of hydrogen-bond donors (Lipinski definition) is 4. The summed E-state index contributed by atoms with van der Waals surface area (Å²) in [6.45, 7) is 3.71. The Morgan fingerprint density at radius 1 is 1.16 bits per heavy atom. The van der Waals surface area contributed by atoms with Crippen LogP contribution in [0.2, 0.25) is 0 Å². The van der Waals surface area contributed by atoms with E-state index in [1.165, 1.54) is 24.8 Å². The van der Waals surface area contributed by atoms with Crippen LogP contribution in [-0.2, 0) is 13.1 Å². The lowest BCUT2D eigenvalue weighted by atomic mass is 9.93. The number of ether oxygens (including phenoxy) is 1. The van der Waals surface area contributed by atoms with Crippen molar-refractivity contribution in [1.29, 1.82) is 0 Å². The first-order valence-electron chi connectivity index (χ1n) is 13.4. The van der Waals surface area contributed by atoms with Gasteiger partial charge in [-0.25, -0.2) is 4.98 Å². The minimum Gasteiger partial charge on any atom is -0.496 e. The molecule has 196 valence electrons. The normalized spacial score (nSPS) is 14.7. The van der Waals surface area contributed by atoms with Crippen LogP contribution in [0.1, 0.15) is 56.6 Å². The smallest absolute Gasteiger partial charge is 0.222 e. The fourth-order valence-electron chi connectivity index (χ4n) is 5.27. The number of aromatic nitrogens is 3. The number of anilines is 2. The minimum absolute atomic E-state index is 0.0935. The molecule has 0 saturated heterocycles. The third-order valence-corrected chi connectivity index (χ3v) is 7.46. The van der Waals surface area contributed by atoms with E-state index in [9.17, 15) is 5.11 Å². The number of nitrogens with one attached hydrogen (secondary N) is 2. The Kier molecular flexibility index (Phi) is 7.76. The van der Waals surface area contributed by atoms with Crippen LogP contribution in [-0.4, -0.2) is 45.4 Å². The van der Waals surface area contributed by atoms with Gasteiger partial charge in [0.25, 0.3) is 0 Å². The number of methoxy groups -OCH3 is 1. The summed E-state index contributed by atoms with van der Waals surface area (Å²) in [5, 5.41) is 17.9. The van der Waals surface area contributed by atoms with Gasteiger partial charge in [-0.1, -0.05) is 50.1 Å². The van der Waals surface area contributed by atoms with Crippen molar-refractivity contribution in [3.05, 3.63) is 53.6 Å². The zero-order valence-corrected chi connectivity index (χ0v) is 21.8. The molecule has 1 saturated carbocycles. The predicted octanol–water partition coefficient (Wildman–Crippen LogP) is 4.83. The second-order valence-corrected chi connectivity index (χ2v) is 10.0. The summed E-state index contributed by atoms with van der Waals surface area (Å²) in [5.41, 5.74) is 11.3. The quantitative estimate of drug-likeness (QED) is 0.220. The van der Waals surface area contributed by atoms with Gasteiger partial charge in [0.2, 0.25) is 5.95 Å². The summed E-state index contributed by atoms with van der Waals surface area (Å²) in [4.78, 5) is 9.28. The van der Waals surface area contributed by atoms with Crippen LogP contribution in [0.25, 0.3) is 21.9 Å². The highest BCUT2D eigenvalue weighted by Gasteiger charge is 2.21. The molecule has 2 aromatic heterocycles. The molecule has 37 heavy (non-hydrogen) atoms. The number of aliphatic hydroxyl groups is 1. The number of rotatable bonds is 12. The molecule has 2 heterocycles. The molecule has 5 N–H and O–H groups in total. The van der Waals surface area contributed by atoms with E-state index in [0.717, 1.165) is 52.6 Å². The highest BCUT2D eigenvalue weighted by molar-refractivity contribution is 6.09. The van der Waals surface area contributed by atoms with Crippen molar-refractivity contribution < 1.29 is 9.84 Å². The van der Waals surface area contributed by atoms with Crippen LogP contribution in [0.3, 0.4) is 0 Å². The molecule has 8 nitrogen and oxygen atoms in total. The Bertz CT molecular complexity index is 1360. The van der Waals surface area contributed by atoms with Crippen molar-refractivity contribution in [3.63, 3.8) is 0 Å². The van der Waals surface area contributed by atoms with Gasteiger partial charge in [-0.15, -0.1) is 0 Å². The van der Waals surface area contributed by atoms with Crippen molar-refractivity contribution in [3.8, 4) is 5.75 Å². The third kappa shape index (κ3) is 5.36. The first kappa shape index (κ1) is 25.3. The predicted molar refractivity (Wildman–Crippen MR) is 150 cm³/mol. The molecule has 0 aliphatic heterocycles. The Balaban J connectivity index is 1.56. The zero-order chi connectivity index (χ0) is 25.8. The average Bonchev–Trinajstić information content (AvgIpc) is 3.17. The van der Waals surface area contributed by atoms with Crippen LogP contribution >= 0.6 is 0 Å². The SMILES string of the molecule is CCC[C@@H](CCO)Nc1nc(N)nc2c3ccccc3n(Cc3ccc(CNC4CCC4)cc3OC)c12. The van der Waals surface area contributed by atoms with E-state index in [4.69, 9.17) is 10.5 Å². The molecule has 1 aliphatic rings. The maximum atomic E-state index is 9.62. The average molecular weight is 503 g/mol. The third-order valence-electron chi connectivity index (χ3n) is 7.46. The molecule has 0 amide bonds. The molecule has 2 aromatic carbocycles. The lowest BCUT2D eigenvalue weighted by Gasteiger charge is -2.26. The zero-order valence-electron chi connectivity index (χ0n) is 21.8. The maximum absolute atomic E-state index is 9.62. The molecule has 1 aliphatic carbocycles. The molecule has 0 radical (unpaired) electrons. The van der Waals surface area contributed by atoms with Crippen molar-refractivity contribution in [1.82, 2.24) is 19.9 Å². The number of nitrogen functional groups attached to an aromatic ring is 1. The van der Waals surface area contributed by atoms with Gasteiger partial charge in [-0.3, -0.25) is 0 Å². The fourth-order valence-corrected chi connectivity index (χ4v) is 5.27. The van der Waals surface area contributed by atoms with E-state index in [2.05, 4.69) is 62.4 Å². The van der Waals surface area contributed by atoms with Gasteiger partial charge >= 0.3 is 0 Å². The van der Waals surface area contributed by atoms with E-state index in [0.29, 0.717) is 24.8 Å². The molecule has 4 aromatic rings. The van der Waals surface area contributed by atoms with E-state index in [1.54, 1.807) is 7.11 Å². The van der Waals surface area contributed by atoms with Crippen molar-refractivity contribution in [2.45, 2.75) is 70.6 Å². The Morgan fingerprint density at radius 3 is 2.73 bits per heavy atom. The van der Waals surface area contributed by atoms with Crippen molar-refractivity contribution in [2.24, 2.45) is 0 Å². The van der Waals surface area contributed by atoms with Gasteiger partial charge in [0, 0.05) is 36.2 Å². The number of hydrogen-bond acceptors (Lipinski definition) is 7. The molecular formula is C29H38N6O2. The molecule has 1 atom stereocenters. The fraction of sp³-hybridized carbons (Fsp3) is 0.448. The first-order valence-corrected chi connectivity index (χ1v) is 13.4. The molecule has 5 rings (SSSR count). The number of nitrogens with zero attached hydrogens (tertiary/aromatic N) is 3. The van der Waals surface area contributed by atoms with E-state index in [1.807, 2.05) is 12.1 Å². The van der Waals surface area contributed by atoms with Crippen LogP contribution in [0.15, 0.2) is 42.5 Å². The van der Waals surface area contributed by atoms with E-state index >= 15 is 0 Å². The summed E-state index contributed by atoms with van der Waals surface area (Å²) in [7, 11) is 1.73. The van der Waals surface area contributed by atoms with Gasteiger partial charge in [0.05, 0.1) is 19.2 Å². The number of para-hydroxylation sites is 1. The van der Waals surface area contributed by atoms with E-state index in [-0.39, 0.29) is 18.6 Å². The van der Waals surface area contributed by atoms with Gasteiger partial charge in [-0.05, 0) is 43.4 Å². The summed E-state index contributed by atoms with van der Waals surface area (Å²) in [6, 6.07) is 15.5. The summed E-state index contributed by atoms with van der Waals surface area (Å²) >= 11 is 0. The van der Waals surface area contributed by atoms with Crippen molar-refractivity contribution >= 4 is 33.7 Å². The summed E-state index contributed by atoms with van der Waals surface area (Å²) in [5.74, 6) is 1.80. The van der Waals surface area contributed by atoms with E-state index < -0.39 is 0 Å². The van der Waals surface area contributed by atoms with Gasteiger partial charge in [-0.2, -0.15) is 4.98 Å². The number of benzene rings is 2. The standard InChI is InChI=1S/C29H38N6O2/c1-3-7-22(14-15-36)32-28-27-26(33-29(30)34-28)23-10-4-5-11-24(23)35(27)18-20-13-12-19(16-25(20)37-2)17-31-21-8-6-9-21/h4-5,10-13,16,21-22,31,36H,3,6-9,14-15,17-18H2,1-2H3,(H3,30,32,33,34)/t22-/m0/s1. The number of nitrogens with two attached hydrogens (primary N) is 1. The highest BCUT2D eigenvalue weighted by Crippen LogP contribution is 2.35. The second kappa shape index (κ2) is 11.4. The molecule has 8 heteroatoms. The molecule has 0 unspecified atom stereocenters. The van der Waals surface area contributed by atoms with Crippen LogP contribution < -0.4 is 21.1 Å². The lowest BCUT2D eigenvalue weighted by molar-refractivity contribution is 0.276. The topological polar surface area (TPSA) is 110 Å². The van der Waals surface area contributed by atoms with Gasteiger partial charge in [0.15, 0.2) is 5.82 Å². The van der Waals surface area contributed by atoms with Gasteiger partial charge in [0.1, 0.15) is 16.8 Å². The van der Waals surface area contributed by atoms with Crippen LogP contribution in [0, 0.1) is 0 Å². The Hall–Kier alpha value is -3.36. The molecule has 1 fully saturated rings. The summed E-state index contributed by atoms with van der Waals surface area (Å²) < 4.78 is 8.10.